The van der Waals surface area contributed by atoms with Crippen molar-refractivity contribution in [3.05, 3.63) is 0 Å². The van der Waals surface area contributed by atoms with E-state index >= 15 is 0 Å². The van der Waals surface area contributed by atoms with E-state index in [9.17, 15) is 0 Å². The van der Waals surface area contributed by atoms with Gasteiger partial charge in [0.2, 0.25) is 0 Å². The van der Waals surface area contributed by atoms with Crippen molar-refractivity contribution < 1.29 is 4.74 Å². The average Bonchev–Trinajstić information content (AvgIpc) is 2.99. The molecule has 0 unspecified atom stereocenters. The van der Waals surface area contributed by atoms with Gasteiger partial charge in [-0.05, 0) is 44.4 Å². The number of hydrogen-bond donors (Lipinski definition) is 1. The van der Waals surface area contributed by atoms with Crippen molar-refractivity contribution in [1.29, 1.82) is 0 Å². The molecule has 0 bridgehead atoms. The molecule has 2 heteroatoms. The molecular weight excluding hydrogens is 162 g/mol. The first-order valence-electron chi connectivity index (χ1n) is 5.73. The summed E-state index contributed by atoms with van der Waals surface area (Å²) >= 11 is 0. The molecule has 0 heterocycles. The van der Waals surface area contributed by atoms with E-state index in [1.54, 1.807) is 0 Å². The lowest BCUT2D eigenvalue weighted by molar-refractivity contribution is 0.145. The van der Waals surface area contributed by atoms with Crippen LogP contribution in [0.15, 0.2) is 0 Å². The van der Waals surface area contributed by atoms with Gasteiger partial charge in [-0.2, -0.15) is 0 Å². The van der Waals surface area contributed by atoms with Gasteiger partial charge in [0.15, 0.2) is 0 Å². The number of nitrogens with one attached hydrogen (secondary N) is 1. The fourth-order valence-corrected chi connectivity index (χ4v) is 2.07. The smallest absolute Gasteiger partial charge is 0.0590 e. The van der Waals surface area contributed by atoms with Crippen LogP contribution in [0.1, 0.15) is 32.6 Å². The Morgan fingerprint density at radius 3 is 2.31 bits per heavy atom. The molecule has 0 atom stereocenters. The third kappa shape index (κ3) is 2.96. The predicted molar refractivity (Wildman–Crippen MR) is 53.7 cm³/mol. The summed E-state index contributed by atoms with van der Waals surface area (Å²) < 4.78 is 5.32. The van der Waals surface area contributed by atoms with Crippen LogP contribution in [0.25, 0.3) is 0 Å². The first-order chi connectivity index (χ1) is 6.42. The predicted octanol–water partition coefficient (Wildman–Crippen LogP) is 1.80. The molecule has 2 aliphatic rings. The zero-order valence-electron chi connectivity index (χ0n) is 8.59. The van der Waals surface area contributed by atoms with Gasteiger partial charge >= 0.3 is 0 Å². The summed E-state index contributed by atoms with van der Waals surface area (Å²) in [5.74, 6) is 2.02. The molecule has 2 saturated carbocycles. The van der Waals surface area contributed by atoms with Crippen LogP contribution in [0.2, 0.25) is 0 Å². The Hall–Kier alpha value is -0.0800. The minimum Gasteiger partial charge on any atom is -0.380 e. The third-order valence-electron chi connectivity index (χ3n) is 3.09. The van der Waals surface area contributed by atoms with E-state index in [0.29, 0.717) is 0 Å². The summed E-state index contributed by atoms with van der Waals surface area (Å²) in [4.78, 5) is 0. The summed E-state index contributed by atoms with van der Waals surface area (Å²) in [6.45, 7) is 4.83. The van der Waals surface area contributed by atoms with Crippen molar-refractivity contribution in [1.82, 2.24) is 5.32 Å². The lowest BCUT2D eigenvalue weighted by atomic mass is 10.1. The zero-order chi connectivity index (χ0) is 9.10. The molecular formula is C11H21NO. The van der Waals surface area contributed by atoms with Crippen molar-refractivity contribution in [2.45, 2.75) is 38.6 Å². The van der Waals surface area contributed by atoms with Gasteiger partial charge in [-0.25, -0.2) is 0 Å². The van der Waals surface area contributed by atoms with Crippen LogP contribution in [0, 0.1) is 11.8 Å². The fourth-order valence-electron chi connectivity index (χ4n) is 2.07. The molecule has 2 aliphatic carbocycles. The highest BCUT2D eigenvalue weighted by molar-refractivity contribution is 4.96. The maximum atomic E-state index is 5.32. The molecule has 2 rings (SSSR count). The minimum atomic E-state index is 0.834. The highest BCUT2D eigenvalue weighted by Gasteiger charge is 2.40. The molecule has 0 radical (unpaired) electrons. The fraction of sp³-hybridized carbons (Fsp3) is 1.00. The van der Waals surface area contributed by atoms with E-state index in [-0.39, 0.29) is 0 Å². The van der Waals surface area contributed by atoms with Gasteiger partial charge in [0.25, 0.3) is 0 Å². The quantitative estimate of drug-likeness (QED) is 0.608. The van der Waals surface area contributed by atoms with Crippen LogP contribution in [-0.4, -0.2) is 25.8 Å². The standard InChI is InChI=1S/C11H21NO/c1-2-13-8-7-12-11(9-3-4-9)10-5-6-10/h9-12H,2-8H2,1H3. The highest BCUT2D eigenvalue weighted by Crippen LogP contribution is 2.44. The maximum absolute atomic E-state index is 5.32. The average molecular weight is 183 g/mol. The Bertz CT molecular complexity index is 140. The third-order valence-corrected chi connectivity index (χ3v) is 3.09. The molecule has 1 N–H and O–H groups in total. The molecule has 0 amide bonds. The number of rotatable bonds is 7. The molecule has 0 aliphatic heterocycles. The van der Waals surface area contributed by atoms with Crippen LogP contribution >= 0.6 is 0 Å². The normalized spacial score (nSPS) is 22.6. The molecule has 0 spiro atoms. The van der Waals surface area contributed by atoms with E-state index in [2.05, 4.69) is 12.2 Å². The Labute approximate surface area is 81.0 Å². The molecule has 0 aromatic heterocycles. The molecule has 13 heavy (non-hydrogen) atoms. The molecule has 2 fully saturated rings. The van der Waals surface area contributed by atoms with Crippen LogP contribution in [0.3, 0.4) is 0 Å². The Kier molecular flexibility index (Phi) is 3.23. The van der Waals surface area contributed by atoms with Crippen LogP contribution in [-0.2, 0) is 4.74 Å². The first-order valence-corrected chi connectivity index (χ1v) is 5.73. The molecule has 2 nitrogen and oxygen atoms in total. The number of ether oxygens (including phenoxy) is 1. The first kappa shape index (κ1) is 9.47. The summed E-state index contributed by atoms with van der Waals surface area (Å²) in [6, 6.07) is 0.834. The van der Waals surface area contributed by atoms with Crippen molar-refractivity contribution in [2.75, 3.05) is 19.8 Å². The van der Waals surface area contributed by atoms with E-state index in [0.717, 1.165) is 37.6 Å². The summed E-state index contributed by atoms with van der Waals surface area (Å²) in [6.07, 6.45) is 5.84. The van der Waals surface area contributed by atoms with Gasteiger partial charge in [-0.1, -0.05) is 0 Å². The van der Waals surface area contributed by atoms with Gasteiger partial charge in [-0.3, -0.25) is 0 Å². The van der Waals surface area contributed by atoms with E-state index in [4.69, 9.17) is 4.74 Å². The topological polar surface area (TPSA) is 21.3 Å². The largest absolute Gasteiger partial charge is 0.380 e. The Balaban J connectivity index is 1.59. The molecule has 0 aromatic carbocycles. The van der Waals surface area contributed by atoms with Gasteiger partial charge < -0.3 is 10.1 Å². The molecule has 0 saturated heterocycles. The van der Waals surface area contributed by atoms with Crippen molar-refractivity contribution in [2.24, 2.45) is 11.8 Å². The second-order valence-electron chi connectivity index (χ2n) is 4.35. The highest BCUT2D eigenvalue weighted by atomic mass is 16.5. The van der Waals surface area contributed by atoms with Crippen molar-refractivity contribution in [3.8, 4) is 0 Å². The van der Waals surface area contributed by atoms with Gasteiger partial charge in [-0.15, -0.1) is 0 Å². The van der Waals surface area contributed by atoms with Gasteiger partial charge in [0.1, 0.15) is 0 Å². The summed E-state index contributed by atoms with van der Waals surface area (Å²) in [5, 5.41) is 3.65. The molecule has 76 valence electrons. The summed E-state index contributed by atoms with van der Waals surface area (Å²) in [5.41, 5.74) is 0. The SMILES string of the molecule is CCOCCNC(C1CC1)C1CC1. The Morgan fingerprint density at radius 2 is 1.85 bits per heavy atom. The zero-order valence-corrected chi connectivity index (χ0v) is 8.59. The van der Waals surface area contributed by atoms with Crippen molar-refractivity contribution in [3.63, 3.8) is 0 Å². The monoisotopic (exact) mass is 183 g/mol. The van der Waals surface area contributed by atoms with Gasteiger partial charge in [0, 0.05) is 19.2 Å². The van der Waals surface area contributed by atoms with Crippen LogP contribution in [0.5, 0.6) is 0 Å². The lowest BCUT2D eigenvalue weighted by Gasteiger charge is -2.17. The second kappa shape index (κ2) is 4.43. The lowest BCUT2D eigenvalue weighted by Crippen LogP contribution is -2.35. The molecule has 0 aromatic rings. The number of hydrogen-bond acceptors (Lipinski definition) is 2. The van der Waals surface area contributed by atoms with Crippen LogP contribution < -0.4 is 5.32 Å². The van der Waals surface area contributed by atoms with Crippen LogP contribution in [0.4, 0.5) is 0 Å². The maximum Gasteiger partial charge on any atom is 0.0590 e. The second-order valence-corrected chi connectivity index (χ2v) is 4.35. The Morgan fingerprint density at radius 1 is 1.23 bits per heavy atom. The minimum absolute atomic E-state index is 0.834. The van der Waals surface area contributed by atoms with E-state index in [1.807, 2.05) is 0 Å². The van der Waals surface area contributed by atoms with Crippen molar-refractivity contribution >= 4 is 0 Å². The van der Waals surface area contributed by atoms with E-state index in [1.165, 1.54) is 25.7 Å². The van der Waals surface area contributed by atoms with Gasteiger partial charge in [0.05, 0.1) is 6.61 Å². The van der Waals surface area contributed by atoms with E-state index < -0.39 is 0 Å². The summed E-state index contributed by atoms with van der Waals surface area (Å²) in [7, 11) is 0.